The van der Waals surface area contributed by atoms with E-state index in [0.717, 1.165) is 25.0 Å². The fourth-order valence-corrected chi connectivity index (χ4v) is 5.51. The van der Waals surface area contributed by atoms with Crippen LogP contribution in [0, 0.1) is 0 Å². The number of thiophene rings is 1. The number of aromatic nitrogens is 2. The number of carbonyl (C=O) groups is 1. The van der Waals surface area contributed by atoms with E-state index in [0.29, 0.717) is 33.4 Å². The van der Waals surface area contributed by atoms with Gasteiger partial charge in [0, 0.05) is 24.1 Å². The lowest BCUT2D eigenvalue weighted by molar-refractivity contribution is -0.119. The van der Waals surface area contributed by atoms with E-state index in [-0.39, 0.29) is 23.3 Å². The van der Waals surface area contributed by atoms with Crippen molar-refractivity contribution in [3.63, 3.8) is 0 Å². The number of hydrogen-bond donors (Lipinski definition) is 1. The van der Waals surface area contributed by atoms with E-state index in [1.807, 2.05) is 41.8 Å². The standard InChI is InChI=1S/C23H21N3O4S2/c27-19(24-12-16-8-4-10-29-16)14-32-23-25-21-20(17(13-31-21)18-9-5-11-30-18)22(28)26(23)15-6-2-1-3-7-15/h1-3,5-7,9,11,13,16H,4,8,10,12,14H2,(H,24,27)/t16-/m0/s1. The van der Waals surface area contributed by atoms with Crippen molar-refractivity contribution in [1.82, 2.24) is 14.9 Å². The summed E-state index contributed by atoms with van der Waals surface area (Å²) in [6.45, 7) is 1.26. The van der Waals surface area contributed by atoms with Gasteiger partial charge in [-0.2, -0.15) is 0 Å². The summed E-state index contributed by atoms with van der Waals surface area (Å²) in [6, 6.07) is 13.0. The zero-order valence-corrected chi connectivity index (χ0v) is 18.8. The van der Waals surface area contributed by atoms with E-state index in [9.17, 15) is 9.59 Å². The maximum absolute atomic E-state index is 13.6. The van der Waals surface area contributed by atoms with Crippen molar-refractivity contribution in [2.45, 2.75) is 24.1 Å². The number of amides is 1. The number of thioether (sulfide) groups is 1. The molecule has 1 N–H and O–H groups in total. The number of para-hydroxylation sites is 1. The van der Waals surface area contributed by atoms with E-state index >= 15 is 0 Å². The van der Waals surface area contributed by atoms with Crippen LogP contribution in [-0.4, -0.2) is 40.5 Å². The van der Waals surface area contributed by atoms with Gasteiger partial charge < -0.3 is 14.5 Å². The summed E-state index contributed by atoms with van der Waals surface area (Å²) in [5, 5.41) is 5.80. The van der Waals surface area contributed by atoms with E-state index in [1.54, 1.807) is 16.9 Å². The van der Waals surface area contributed by atoms with Crippen LogP contribution in [0.4, 0.5) is 0 Å². The van der Waals surface area contributed by atoms with Crippen LogP contribution < -0.4 is 10.9 Å². The first-order chi connectivity index (χ1) is 15.7. The molecule has 164 valence electrons. The van der Waals surface area contributed by atoms with Crippen LogP contribution in [0.2, 0.25) is 0 Å². The third-order valence-electron chi connectivity index (χ3n) is 5.26. The lowest BCUT2D eigenvalue weighted by Crippen LogP contribution is -2.33. The molecule has 1 saturated heterocycles. The third kappa shape index (κ3) is 4.23. The molecule has 1 amide bonds. The first kappa shape index (κ1) is 21.0. The minimum Gasteiger partial charge on any atom is -0.464 e. The molecule has 4 aromatic rings. The molecular weight excluding hydrogens is 446 g/mol. The molecule has 1 atom stereocenters. The largest absolute Gasteiger partial charge is 0.464 e. The molecule has 0 unspecified atom stereocenters. The van der Waals surface area contributed by atoms with Crippen LogP contribution in [0.5, 0.6) is 0 Å². The summed E-state index contributed by atoms with van der Waals surface area (Å²) in [5.74, 6) is 0.680. The minimum atomic E-state index is -0.184. The number of rotatable bonds is 7. The van der Waals surface area contributed by atoms with Crippen LogP contribution in [0.3, 0.4) is 0 Å². The summed E-state index contributed by atoms with van der Waals surface area (Å²) in [6.07, 6.45) is 3.67. The van der Waals surface area contributed by atoms with Crippen LogP contribution >= 0.6 is 23.1 Å². The number of nitrogens with one attached hydrogen (secondary N) is 1. The lowest BCUT2D eigenvalue weighted by Gasteiger charge is -2.13. The van der Waals surface area contributed by atoms with Gasteiger partial charge >= 0.3 is 0 Å². The van der Waals surface area contributed by atoms with Crippen molar-refractivity contribution in [1.29, 1.82) is 0 Å². The summed E-state index contributed by atoms with van der Waals surface area (Å²) in [5.41, 5.74) is 1.24. The molecule has 4 heterocycles. The van der Waals surface area contributed by atoms with Gasteiger partial charge in [0.25, 0.3) is 5.56 Å². The SMILES string of the molecule is O=C(CSc1nc2scc(-c3ccco3)c2c(=O)n1-c1ccccc1)NC[C@@H]1CCCO1. The van der Waals surface area contributed by atoms with Crippen LogP contribution in [0.15, 0.2) is 68.5 Å². The predicted molar refractivity (Wildman–Crippen MR) is 126 cm³/mol. The maximum Gasteiger partial charge on any atom is 0.268 e. The van der Waals surface area contributed by atoms with Gasteiger partial charge in [0.15, 0.2) is 5.16 Å². The molecule has 9 heteroatoms. The Bertz CT molecular complexity index is 1280. The molecule has 0 bridgehead atoms. The number of fused-ring (bicyclic) bond motifs is 1. The van der Waals surface area contributed by atoms with E-state index in [2.05, 4.69) is 5.32 Å². The molecule has 0 radical (unpaired) electrons. The molecule has 1 aliphatic heterocycles. The number of hydrogen-bond acceptors (Lipinski definition) is 7. The Hall–Kier alpha value is -2.88. The van der Waals surface area contributed by atoms with Crippen molar-refractivity contribution in [3.8, 4) is 17.0 Å². The highest BCUT2D eigenvalue weighted by Gasteiger charge is 2.21. The van der Waals surface area contributed by atoms with Crippen molar-refractivity contribution < 1.29 is 13.9 Å². The van der Waals surface area contributed by atoms with E-state index in [1.165, 1.54) is 23.1 Å². The average molecular weight is 468 g/mol. The molecule has 0 aliphatic carbocycles. The number of carbonyl (C=O) groups excluding carboxylic acids is 1. The van der Waals surface area contributed by atoms with E-state index in [4.69, 9.17) is 14.1 Å². The summed E-state index contributed by atoms with van der Waals surface area (Å²) in [4.78, 5) is 31.4. The minimum absolute atomic E-state index is 0.0899. The first-order valence-electron chi connectivity index (χ1n) is 10.4. The molecule has 1 aliphatic rings. The molecular formula is C23H21N3O4S2. The van der Waals surface area contributed by atoms with Gasteiger partial charge in [0.2, 0.25) is 5.91 Å². The van der Waals surface area contributed by atoms with Crippen molar-refractivity contribution in [2.24, 2.45) is 0 Å². The summed E-state index contributed by atoms with van der Waals surface area (Å²) >= 11 is 2.64. The van der Waals surface area contributed by atoms with Gasteiger partial charge in [-0.05, 0) is 37.1 Å². The zero-order chi connectivity index (χ0) is 21.9. The Labute approximate surface area is 192 Å². The van der Waals surface area contributed by atoms with Gasteiger partial charge in [0.1, 0.15) is 10.6 Å². The fraction of sp³-hybridized carbons (Fsp3) is 0.261. The van der Waals surface area contributed by atoms with Crippen LogP contribution in [-0.2, 0) is 9.53 Å². The number of ether oxygens (including phenoxy) is 1. The molecule has 3 aromatic heterocycles. The molecule has 1 fully saturated rings. The zero-order valence-electron chi connectivity index (χ0n) is 17.2. The van der Waals surface area contributed by atoms with Gasteiger partial charge in [-0.15, -0.1) is 11.3 Å². The Balaban J connectivity index is 1.47. The monoisotopic (exact) mass is 467 g/mol. The summed E-state index contributed by atoms with van der Waals surface area (Å²) < 4.78 is 12.7. The predicted octanol–water partition coefficient (Wildman–Crippen LogP) is 4.09. The average Bonchev–Trinajstić information content (AvgIpc) is 3.58. The highest BCUT2D eigenvalue weighted by molar-refractivity contribution is 7.99. The maximum atomic E-state index is 13.6. The van der Waals surface area contributed by atoms with Crippen LogP contribution in [0.25, 0.3) is 27.2 Å². The Morgan fingerprint density at radius 1 is 1.25 bits per heavy atom. The molecule has 0 spiro atoms. The number of furan rings is 1. The molecule has 1 aromatic carbocycles. The third-order valence-corrected chi connectivity index (χ3v) is 7.07. The van der Waals surface area contributed by atoms with Crippen molar-refractivity contribution in [3.05, 3.63) is 64.5 Å². The highest BCUT2D eigenvalue weighted by atomic mass is 32.2. The normalized spacial score (nSPS) is 15.9. The quantitative estimate of drug-likeness (QED) is 0.325. The van der Waals surface area contributed by atoms with Gasteiger partial charge in [0.05, 0.1) is 29.2 Å². The number of benzene rings is 1. The smallest absolute Gasteiger partial charge is 0.268 e. The second kappa shape index (κ2) is 9.32. The number of nitrogens with zero attached hydrogens (tertiary/aromatic N) is 2. The van der Waals surface area contributed by atoms with Crippen molar-refractivity contribution >= 4 is 39.2 Å². The van der Waals surface area contributed by atoms with Gasteiger partial charge in [-0.25, -0.2) is 4.98 Å². The molecule has 7 nitrogen and oxygen atoms in total. The summed E-state index contributed by atoms with van der Waals surface area (Å²) in [7, 11) is 0. The first-order valence-corrected chi connectivity index (χ1v) is 12.2. The lowest BCUT2D eigenvalue weighted by atomic mass is 10.2. The Morgan fingerprint density at radius 2 is 2.12 bits per heavy atom. The molecule has 5 rings (SSSR count). The van der Waals surface area contributed by atoms with Gasteiger partial charge in [-0.3, -0.25) is 14.2 Å². The fourth-order valence-electron chi connectivity index (χ4n) is 3.70. The van der Waals surface area contributed by atoms with Crippen LogP contribution in [0.1, 0.15) is 12.8 Å². The second-order valence-electron chi connectivity index (χ2n) is 7.41. The molecule has 32 heavy (non-hydrogen) atoms. The highest BCUT2D eigenvalue weighted by Crippen LogP contribution is 2.33. The molecule has 0 saturated carbocycles. The topological polar surface area (TPSA) is 86.4 Å². The second-order valence-corrected chi connectivity index (χ2v) is 9.21. The van der Waals surface area contributed by atoms with Gasteiger partial charge in [-0.1, -0.05) is 30.0 Å². The van der Waals surface area contributed by atoms with Crippen molar-refractivity contribution in [2.75, 3.05) is 18.9 Å². The Morgan fingerprint density at radius 3 is 2.88 bits per heavy atom. The Kier molecular flexibility index (Phi) is 6.11. The van der Waals surface area contributed by atoms with E-state index < -0.39 is 0 Å².